The number of morpholine rings is 1. The summed E-state index contributed by atoms with van der Waals surface area (Å²) < 4.78 is 7.47. The quantitative estimate of drug-likeness (QED) is 0.860. The molecule has 1 atom stereocenters. The molecule has 1 N–H and O–H groups in total. The molecule has 27 heavy (non-hydrogen) atoms. The summed E-state index contributed by atoms with van der Waals surface area (Å²) in [6, 6.07) is 7.48. The number of hydrogen-bond donors (Lipinski definition) is 1. The monoisotopic (exact) mass is 371 g/mol. The van der Waals surface area contributed by atoms with E-state index in [0.717, 1.165) is 11.4 Å². The Bertz CT molecular complexity index is 800. The van der Waals surface area contributed by atoms with Crippen LogP contribution in [0.15, 0.2) is 30.6 Å². The fourth-order valence-corrected chi connectivity index (χ4v) is 3.04. The number of carbonyl (C=O) groups is 2. The van der Waals surface area contributed by atoms with Crippen molar-refractivity contribution in [2.45, 2.75) is 32.9 Å². The van der Waals surface area contributed by atoms with E-state index in [2.05, 4.69) is 15.4 Å². The highest BCUT2D eigenvalue weighted by Gasteiger charge is 2.22. The zero-order chi connectivity index (χ0) is 19.4. The lowest BCUT2D eigenvalue weighted by molar-refractivity contribution is -0.136. The van der Waals surface area contributed by atoms with E-state index in [4.69, 9.17) is 4.74 Å². The average Bonchev–Trinajstić information content (AvgIpc) is 3.16. The maximum atomic E-state index is 12.4. The first-order valence-corrected chi connectivity index (χ1v) is 9.11. The van der Waals surface area contributed by atoms with E-state index in [-0.39, 0.29) is 24.0 Å². The second kappa shape index (κ2) is 8.30. The van der Waals surface area contributed by atoms with Gasteiger partial charge in [0.05, 0.1) is 12.7 Å². The van der Waals surface area contributed by atoms with Crippen molar-refractivity contribution in [1.82, 2.24) is 25.0 Å². The Hall–Kier alpha value is -2.74. The number of aromatic nitrogens is 3. The number of nitrogens with one attached hydrogen (secondary N) is 1. The number of amides is 2. The SMILES string of the molecule is CC(=O)N1CCO[C@@H](CNC(=O)c2ccc(-c3ncnn3C(C)C)cc2)C1. The summed E-state index contributed by atoms with van der Waals surface area (Å²) in [5.41, 5.74) is 1.47. The fraction of sp³-hybridized carbons (Fsp3) is 0.474. The van der Waals surface area contributed by atoms with Crippen LogP contribution in [0.1, 0.15) is 37.2 Å². The molecule has 2 heterocycles. The Kier molecular flexibility index (Phi) is 5.85. The van der Waals surface area contributed by atoms with Crippen molar-refractivity contribution in [3.05, 3.63) is 36.2 Å². The standard InChI is InChI=1S/C19H25N5O3/c1-13(2)24-18(21-12-22-24)15-4-6-16(7-5-15)19(26)20-10-17-11-23(14(3)25)8-9-27-17/h4-7,12-13,17H,8-11H2,1-3H3,(H,20,26)/t17-/m0/s1. The fourth-order valence-electron chi connectivity index (χ4n) is 3.04. The first-order chi connectivity index (χ1) is 13.0. The summed E-state index contributed by atoms with van der Waals surface area (Å²) in [6.07, 6.45) is 1.35. The van der Waals surface area contributed by atoms with Crippen molar-refractivity contribution in [2.75, 3.05) is 26.2 Å². The summed E-state index contributed by atoms with van der Waals surface area (Å²) >= 11 is 0. The highest BCUT2D eigenvalue weighted by Crippen LogP contribution is 2.20. The number of nitrogens with zero attached hydrogens (tertiary/aromatic N) is 4. The van der Waals surface area contributed by atoms with Crippen molar-refractivity contribution in [3.8, 4) is 11.4 Å². The molecular weight excluding hydrogens is 346 g/mol. The van der Waals surface area contributed by atoms with Crippen molar-refractivity contribution >= 4 is 11.8 Å². The zero-order valence-corrected chi connectivity index (χ0v) is 15.9. The lowest BCUT2D eigenvalue weighted by Gasteiger charge is -2.32. The van der Waals surface area contributed by atoms with E-state index >= 15 is 0 Å². The van der Waals surface area contributed by atoms with Gasteiger partial charge in [0.1, 0.15) is 6.33 Å². The van der Waals surface area contributed by atoms with Gasteiger partial charge in [-0.25, -0.2) is 9.67 Å². The number of rotatable bonds is 5. The molecule has 0 radical (unpaired) electrons. The van der Waals surface area contributed by atoms with Crippen LogP contribution in [0.5, 0.6) is 0 Å². The molecule has 0 aliphatic carbocycles. The van der Waals surface area contributed by atoms with Crippen LogP contribution in [0.3, 0.4) is 0 Å². The molecule has 1 aliphatic rings. The Labute approximate surface area is 158 Å². The van der Waals surface area contributed by atoms with E-state index in [1.807, 2.05) is 30.7 Å². The van der Waals surface area contributed by atoms with Gasteiger partial charge in [0.25, 0.3) is 5.91 Å². The molecule has 1 aliphatic heterocycles. The summed E-state index contributed by atoms with van der Waals surface area (Å²) in [5, 5.41) is 7.11. The van der Waals surface area contributed by atoms with Crippen LogP contribution in [0.2, 0.25) is 0 Å². The van der Waals surface area contributed by atoms with E-state index in [1.54, 1.807) is 24.0 Å². The lowest BCUT2D eigenvalue weighted by atomic mass is 10.1. The smallest absolute Gasteiger partial charge is 0.251 e. The third-order valence-electron chi connectivity index (χ3n) is 4.54. The Morgan fingerprint density at radius 1 is 1.30 bits per heavy atom. The van der Waals surface area contributed by atoms with Gasteiger partial charge in [0.15, 0.2) is 5.82 Å². The molecule has 0 spiro atoms. The predicted molar refractivity (Wildman–Crippen MR) is 100 cm³/mol. The van der Waals surface area contributed by atoms with Gasteiger partial charge in [0, 0.05) is 43.7 Å². The second-order valence-corrected chi connectivity index (χ2v) is 6.87. The van der Waals surface area contributed by atoms with Crippen LogP contribution >= 0.6 is 0 Å². The van der Waals surface area contributed by atoms with Crippen molar-refractivity contribution in [1.29, 1.82) is 0 Å². The molecule has 144 valence electrons. The minimum Gasteiger partial charge on any atom is -0.373 e. The second-order valence-electron chi connectivity index (χ2n) is 6.87. The molecule has 2 amide bonds. The number of benzene rings is 1. The molecule has 1 fully saturated rings. The summed E-state index contributed by atoms with van der Waals surface area (Å²) in [4.78, 5) is 29.9. The van der Waals surface area contributed by atoms with Crippen LogP contribution in [0, 0.1) is 0 Å². The van der Waals surface area contributed by atoms with Gasteiger partial charge in [-0.2, -0.15) is 5.10 Å². The van der Waals surface area contributed by atoms with Crippen molar-refractivity contribution in [2.24, 2.45) is 0 Å². The lowest BCUT2D eigenvalue weighted by Crippen LogP contribution is -2.49. The number of hydrogen-bond acceptors (Lipinski definition) is 5. The van der Waals surface area contributed by atoms with Gasteiger partial charge in [-0.1, -0.05) is 12.1 Å². The van der Waals surface area contributed by atoms with E-state index < -0.39 is 0 Å². The Morgan fingerprint density at radius 2 is 2.04 bits per heavy atom. The van der Waals surface area contributed by atoms with Crippen molar-refractivity contribution in [3.63, 3.8) is 0 Å². The maximum Gasteiger partial charge on any atom is 0.251 e. The molecule has 0 bridgehead atoms. The maximum absolute atomic E-state index is 12.4. The molecule has 1 saturated heterocycles. The summed E-state index contributed by atoms with van der Waals surface area (Å²) in [7, 11) is 0. The van der Waals surface area contributed by atoms with Gasteiger partial charge in [-0.05, 0) is 26.0 Å². The average molecular weight is 371 g/mol. The first-order valence-electron chi connectivity index (χ1n) is 9.11. The first kappa shape index (κ1) is 19.0. The van der Waals surface area contributed by atoms with Crippen LogP contribution in [0.4, 0.5) is 0 Å². The minimum absolute atomic E-state index is 0.0273. The molecular formula is C19H25N5O3. The van der Waals surface area contributed by atoms with Crippen LogP contribution in [-0.4, -0.2) is 63.8 Å². The highest BCUT2D eigenvalue weighted by atomic mass is 16.5. The van der Waals surface area contributed by atoms with E-state index in [1.165, 1.54) is 6.33 Å². The van der Waals surface area contributed by atoms with E-state index in [0.29, 0.717) is 31.8 Å². The molecule has 8 nitrogen and oxygen atoms in total. The van der Waals surface area contributed by atoms with Gasteiger partial charge in [0.2, 0.25) is 5.91 Å². The molecule has 2 aromatic rings. The third kappa shape index (κ3) is 4.51. The minimum atomic E-state index is -0.185. The van der Waals surface area contributed by atoms with Gasteiger partial charge in [-0.15, -0.1) is 0 Å². The van der Waals surface area contributed by atoms with Crippen LogP contribution < -0.4 is 5.32 Å². The highest BCUT2D eigenvalue weighted by molar-refractivity contribution is 5.94. The van der Waals surface area contributed by atoms with Gasteiger partial charge in [-0.3, -0.25) is 9.59 Å². The molecule has 0 unspecified atom stereocenters. The molecule has 3 rings (SSSR count). The van der Waals surface area contributed by atoms with Crippen LogP contribution in [-0.2, 0) is 9.53 Å². The normalized spacial score (nSPS) is 17.2. The summed E-state index contributed by atoms with van der Waals surface area (Å²) in [5.74, 6) is 0.631. The van der Waals surface area contributed by atoms with Crippen LogP contribution in [0.25, 0.3) is 11.4 Å². The van der Waals surface area contributed by atoms with Crippen molar-refractivity contribution < 1.29 is 14.3 Å². The van der Waals surface area contributed by atoms with E-state index in [9.17, 15) is 9.59 Å². The predicted octanol–water partition coefficient (Wildman–Crippen LogP) is 1.50. The Morgan fingerprint density at radius 3 is 2.70 bits per heavy atom. The third-order valence-corrected chi connectivity index (χ3v) is 4.54. The Balaban J connectivity index is 1.59. The topological polar surface area (TPSA) is 89.3 Å². The summed E-state index contributed by atoms with van der Waals surface area (Å²) in [6.45, 7) is 7.59. The van der Waals surface area contributed by atoms with Gasteiger partial charge >= 0.3 is 0 Å². The van der Waals surface area contributed by atoms with Gasteiger partial charge < -0.3 is 15.0 Å². The largest absolute Gasteiger partial charge is 0.373 e. The number of carbonyl (C=O) groups excluding carboxylic acids is 2. The number of ether oxygens (including phenoxy) is 1. The molecule has 1 aromatic heterocycles. The molecule has 8 heteroatoms. The zero-order valence-electron chi connectivity index (χ0n) is 15.9. The molecule has 0 saturated carbocycles. The molecule has 1 aromatic carbocycles.